The average molecular weight is 270 g/mol. The predicted molar refractivity (Wildman–Crippen MR) is 65.3 cm³/mol. The van der Waals surface area contributed by atoms with Crippen LogP contribution in [0.1, 0.15) is 24.9 Å². The summed E-state index contributed by atoms with van der Waals surface area (Å²) in [6.45, 7) is 2.08. The van der Waals surface area contributed by atoms with Crippen molar-refractivity contribution in [3.8, 4) is 0 Å². The number of β-amino-alcohol motifs (C(OH)–C–C–N with tert-alkyl or cyclic N) is 1. The molecule has 0 unspecified atom stereocenters. The van der Waals surface area contributed by atoms with Crippen LogP contribution in [0.4, 0.5) is 8.78 Å². The van der Waals surface area contributed by atoms with Crippen molar-refractivity contribution < 1.29 is 18.7 Å². The fourth-order valence-corrected chi connectivity index (χ4v) is 2.10. The summed E-state index contributed by atoms with van der Waals surface area (Å²) in [5, 5.41) is 14.9. The zero-order valence-electron chi connectivity index (χ0n) is 10.5. The zero-order chi connectivity index (χ0) is 14.0. The van der Waals surface area contributed by atoms with Gasteiger partial charge in [-0.1, -0.05) is 6.07 Å². The maximum absolute atomic E-state index is 13.1. The van der Waals surface area contributed by atoms with Crippen LogP contribution in [0.25, 0.3) is 0 Å². The Morgan fingerprint density at radius 2 is 2.21 bits per heavy atom. The highest BCUT2D eigenvalue weighted by atomic mass is 19.2. The van der Waals surface area contributed by atoms with Crippen LogP contribution in [0.15, 0.2) is 18.2 Å². The smallest absolute Gasteiger partial charge is 0.237 e. The van der Waals surface area contributed by atoms with E-state index >= 15 is 0 Å². The summed E-state index contributed by atoms with van der Waals surface area (Å²) in [5.41, 5.74) is 0.491. The van der Waals surface area contributed by atoms with Crippen LogP contribution >= 0.6 is 0 Å². The molecule has 0 aromatic heterocycles. The van der Waals surface area contributed by atoms with Crippen LogP contribution < -0.4 is 10.6 Å². The first-order valence-corrected chi connectivity index (χ1v) is 6.14. The zero-order valence-corrected chi connectivity index (χ0v) is 10.5. The maximum atomic E-state index is 13.1. The highest BCUT2D eigenvalue weighted by Gasteiger charge is 2.28. The summed E-state index contributed by atoms with van der Waals surface area (Å²) in [7, 11) is 0. The lowest BCUT2D eigenvalue weighted by molar-refractivity contribution is -0.123. The molecule has 0 aliphatic carbocycles. The normalized spacial score (nSPS) is 24.2. The SMILES string of the molecule is C[C@H](NC(=O)[C@H]1C[C@@H](O)CN1)c1ccc(F)c(F)c1. The van der Waals surface area contributed by atoms with Crippen molar-refractivity contribution in [2.45, 2.75) is 31.5 Å². The topological polar surface area (TPSA) is 61.4 Å². The van der Waals surface area contributed by atoms with Crippen molar-refractivity contribution in [3.63, 3.8) is 0 Å². The number of hydrogen-bond acceptors (Lipinski definition) is 3. The molecule has 1 fully saturated rings. The molecule has 1 aromatic rings. The molecular formula is C13H16F2N2O2. The third-order valence-corrected chi connectivity index (χ3v) is 3.23. The molecule has 1 saturated heterocycles. The van der Waals surface area contributed by atoms with Crippen LogP contribution in [0.5, 0.6) is 0 Å². The van der Waals surface area contributed by atoms with E-state index in [1.165, 1.54) is 6.07 Å². The van der Waals surface area contributed by atoms with E-state index in [0.29, 0.717) is 18.5 Å². The summed E-state index contributed by atoms with van der Waals surface area (Å²) < 4.78 is 25.9. The Morgan fingerprint density at radius 3 is 2.79 bits per heavy atom. The number of carbonyl (C=O) groups is 1. The molecule has 3 atom stereocenters. The quantitative estimate of drug-likeness (QED) is 0.763. The molecule has 4 nitrogen and oxygen atoms in total. The number of carbonyl (C=O) groups excluding carboxylic acids is 1. The molecule has 1 heterocycles. The van der Waals surface area contributed by atoms with Gasteiger partial charge in [0.05, 0.1) is 18.2 Å². The second-order valence-electron chi connectivity index (χ2n) is 4.75. The molecule has 2 rings (SSSR count). The van der Waals surface area contributed by atoms with Gasteiger partial charge in [0, 0.05) is 6.54 Å². The molecule has 3 N–H and O–H groups in total. The van der Waals surface area contributed by atoms with Crippen molar-refractivity contribution >= 4 is 5.91 Å². The standard InChI is InChI=1S/C13H16F2N2O2/c1-7(8-2-3-10(14)11(15)4-8)17-13(19)12-5-9(18)6-16-12/h2-4,7,9,12,16,18H,5-6H2,1H3,(H,17,19)/t7-,9+,12+/m0/s1. The minimum Gasteiger partial charge on any atom is -0.392 e. The van der Waals surface area contributed by atoms with E-state index in [1.807, 2.05) is 0 Å². The molecule has 0 radical (unpaired) electrons. The summed E-state index contributed by atoms with van der Waals surface area (Å²) >= 11 is 0. The minimum atomic E-state index is -0.937. The number of aliphatic hydroxyl groups excluding tert-OH is 1. The van der Waals surface area contributed by atoms with Crippen LogP contribution in [0, 0.1) is 11.6 Å². The van der Waals surface area contributed by atoms with E-state index in [-0.39, 0.29) is 5.91 Å². The third kappa shape index (κ3) is 3.27. The molecule has 6 heteroatoms. The highest BCUT2D eigenvalue weighted by molar-refractivity contribution is 5.82. The number of amides is 1. The Hall–Kier alpha value is -1.53. The second-order valence-corrected chi connectivity index (χ2v) is 4.75. The molecular weight excluding hydrogens is 254 g/mol. The molecule has 1 aromatic carbocycles. The van der Waals surface area contributed by atoms with E-state index in [9.17, 15) is 18.7 Å². The number of hydrogen-bond donors (Lipinski definition) is 3. The van der Waals surface area contributed by atoms with Crippen molar-refractivity contribution in [1.29, 1.82) is 0 Å². The lowest BCUT2D eigenvalue weighted by Gasteiger charge is -2.17. The molecule has 0 spiro atoms. The molecule has 0 bridgehead atoms. The van der Waals surface area contributed by atoms with Crippen molar-refractivity contribution in [2.24, 2.45) is 0 Å². The number of nitrogens with one attached hydrogen (secondary N) is 2. The van der Waals surface area contributed by atoms with Gasteiger partial charge >= 0.3 is 0 Å². The lowest BCUT2D eigenvalue weighted by Crippen LogP contribution is -2.41. The van der Waals surface area contributed by atoms with Crippen LogP contribution in [0.2, 0.25) is 0 Å². The Morgan fingerprint density at radius 1 is 1.47 bits per heavy atom. The lowest BCUT2D eigenvalue weighted by atomic mass is 10.1. The fourth-order valence-electron chi connectivity index (χ4n) is 2.10. The summed E-state index contributed by atoms with van der Waals surface area (Å²) in [4.78, 5) is 11.9. The number of rotatable bonds is 3. The first-order chi connectivity index (χ1) is 8.97. The minimum absolute atomic E-state index is 0.256. The van der Waals surface area contributed by atoms with Gasteiger partial charge in [-0.25, -0.2) is 8.78 Å². The highest BCUT2D eigenvalue weighted by Crippen LogP contribution is 2.16. The Kier molecular flexibility index (Phi) is 4.11. The van der Waals surface area contributed by atoms with E-state index < -0.39 is 29.8 Å². The van der Waals surface area contributed by atoms with Crippen molar-refractivity contribution in [2.75, 3.05) is 6.54 Å². The van der Waals surface area contributed by atoms with Crippen LogP contribution in [-0.2, 0) is 4.79 Å². The van der Waals surface area contributed by atoms with Crippen LogP contribution in [0.3, 0.4) is 0 Å². The summed E-state index contributed by atoms with van der Waals surface area (Å²) in [5.74, 6) is -2.11. The molecule has 19 heavy (non-hydrogen) atoms. The number of halogens is 2. The molecule has 0 saturated carbocycles. The van der Waals surface area contributed by atoms with Gasteiger partial charge in [-0.15, -0.1) is 0 Å². The van der Waals surface area contributed by atoms with Gasteiger partial charge < -0.3 is 15.7 Å². The molecule has 1 aliphatic rings. The maximum Gasteiger partial charge on any atom is 0.237 e. The third-order valence-electron chi connectivity index (χ3n) is 3.23. The van der Waals surface area contributed by atoms with E-state index in [2.05, 4.69) is 10.6 Å². The monoisotopic (exact) mass is 270 g/mol. The molecule has 1 aliphatic heterocycles. The van der Waals surface area contributed by atoms with Gasteiger partial charge in [0.25, 0.3) is 0 Å². The van der Waals surface area contributed by atoms with E-state index in [1.54, 1.807) is 6.92 Å². The Balaban J connectivity index is 1.98. The predicted octanol–water partition coefficient (Wildman–Crippen LogP) is 0.865. The Labute approximate surface area is 109 Å². The van der Waals surface area contributed by atoms with Gasteiger partial charge in [0.1, 0.15) is 0 Å². The van der Waals surface area contributed by atoms with Crippen molar-refractivity contribution in [3.05, 3.63) is 35.4 Å². The second kappa shape index (κ2) is 5.63. The van der Waals surface area contributed by atoms with Gasteiger partial charge in [-0.3, -0.25) is 4.79 Å². The number of benzene rings is 1. The van der Waals surface area contributed by atoms with Gasteiger partial charge in [-0.2, -0.15) is 0 Å². The fraction of sp³-hybridized carbons (Fsp3) is 0.462. The summed E-state index contributed by atoms with van der Waals surface area (Å²) in [6.07, 6.45) is -0.162. The molecule has 1 amide bonds. The average Bonchev–Trinajstić information content (AvgIpc) is 2.79. The number of aliphatic hydroxyl groups is 1. The first-order valence-electron chi connectivity index (χ1n) is 6.14. The van der Waals surface area contributed by atoms with Crippen LogP contribution in [-0.4, -0.2) is 29.7 Å². The van der Waals surface area contributed by atoms with E-state index in [4.69, 9.17) is 0 Å². The van der Waals surface area contributed by atoms with Gasteiger partial charge in [0.2, 0.25) is 5.91 Å². The van der Waals surface area contributed by atoms with E-state index in [0.717, 1.165) is 12.1 Å². The summed E-state index contributed by atoms with van der Waals surface area (Å²) in [6, 6.07) is 2.66. The van der Waals surface area contributed by atoms with Crippen molar-refractivity contribution in [1.82, 2.24) is 10.6 Å². The Bertz CT molecular complexity index is 482. The molecule has 104 valence electrons. The largest absolute Gasteiger partial charge is 0.392 e. The van der Waals surface area contributed by atoms with Gasteiger partial charge in [0.15, 0.2) is 11.6 Å². The van der Waals surface area contributed by atoms with Gasteiger partial charge in [-0.05, 0) is 31.0 Å². The first kappa shape index (κ1) is 13.9.